The van der Waals surface area contributed by atoms with Gasteiger partial charge in [0, 0.05) is 18.0 Å². The molecule has 0 saturated heterocycles. The Morgan fingerprint density at radius 1 is 1.11 bits per heavy atom. The van der Waals surface area contributed by atoms with Gasteiger partial charge in [-0.3, -0.25) is 4.98 Å². The average molecular weight is 287 g/mol. The number of nitrogens with one attached hydrogen (secondary N) is 1. The molecule has 1 heterocycles. The van der Waals surface area contributed by atoms with Crippen LogP contribution in [-0.2, 0) is 0 Å². The van der Waals surface area contributed by atoms with E-state index in [1.807, 2.05) is 0 Å². The van der Waals surface area contributed by atoms with Gasteiger partial charge in [0.2, 0.25) is 0 Å². The third-order valence-electron chi connectivity index (χ3n) is 2.78. The molecule has 100 valence electrons. The monoisotopic (exact) mass is 286 g/mol. The van der Waals surface area contributed by atoms with Crippen LogP contribution >= 0.6 is 11.6 Å². The van der Waals surface area contributed by atoms with E-state index < -0.39 is 23.5 Å². The van der Waals surface area contributed by atoms with E-state index in [2.05, 4.69) is 10.3 Å². The standard InChI is InChI=1S/C13H10ClF3N2/c1-18-13(7-4-5-19-6-9(7)14)8-2-3-10(15)12(17)11(8)16/h2-6,13,18H,1H3. The van der Waals surface area contributed by atoms with Crippen LogP contribution in [0.3, 0.4) is 0 Å². The number of aromatic nitrogens is 1. The Bertz CT molecular complexity index is 604. The van der Waals surface area contributed by atoms with Gasteiger partial charge >= 0.3 is 0 Å². The van der Waals surface area contributed by atoms with Crippen LogP contribution in [0.5, 0.6) is 0 Å². The van der Waals surface area contributed by atoms with Gasteiger partial charge in [-0.05, 0) is 24.7 Å². The molecule has 0 fully saturated rings. The topological polar surface area (TPSA) is 24.9 Å². The number of rotatable bonds is 3. The van der Waals surface area contributed by atoms with Crippen molar-refractivity contribution in [3.63, 3.8) is 0 Å². The van der Waals surface area contributed by atoms with Crippen molar-refractivity contribution in [3.8, 4) is 0 Å². The second-order valence-corrected chi connectivity index (χ2v) is 4.29. The Morgan fingerprint density at radius 2 is 1.84 bits per heavy atom. The molecule has 0 saturated carbocycles. The van der Waals surface area contributed by atoms with E-state index in [1.54, 1.807) is 13.1 Å². The van der Waals surface area contributed by atoms with Crippen LogP contribution in [0.25, 0.3) is 0 Å². The molecule has 6 heteroatoms. The third kappa shape index (κ3) is 2.57. The molecule has 0 aliphatic heterocycles. The van der Waals surface area contributed by atoms with Crippen molar-refractivity contribution in [1.82, 2.24) is 10.3 Å². The predicted octanol–water partition coefficient (Wildman–Crippen LogP) is 3.46. The van der Waals surface area contributed by atoms with E-state index in [1.165, 1.54) is 18.5 Å². The highest BCUT2D eigenvalue weighted by Gasteiger charge is 2.22. The van der Waals surface area contributed by atoms with Gasteiger partial charge in [-0.2, -0.15) is 0 Å². The minimum atomic E-state index is -1.50. The van der Waals surface area contributed by atoms with Crippen molar-refractivity contribution in [2.24, 2.45) is 0 Å². The maximum atomic E-state index is 13.8. The number of nitrogens with zero attached hydrogens (tertiary/aromatic N) is 1. The van der Waals surface area contributed by atoms with Gasteiger partial charge in [-0.1, -0.05) is 17.7 Å². The fraction of sp³-hybridized carbons (Fsp3) is 0.154. The van der Waals surface area contributed by atoms with Gasteiger partial charge in [0.15, 0.2) is 17.5 Å². The molecule has 0 aliphatic carbocycles. The smallest absolute Gasteiger partial charge is 0.194 e. The van der Waals surface area contributed by atoms with Gasteiger partial charge in [0.1, 0.15) is 0 Å². The van der Waals surface area contributed by atoms with Crippen LogP contribution in [0.2, 0.25) is 5.02 Å². The molecule has 0 amide bonds. The normalized spacial score (nSPS) is 12.5. The van der Waals surface area contributed by atoms with Gasteiger partial charge in [-0.25, -0.2) is 13.2 Å². The van der Waals surface area contributed by atoms with E-state index in [4.69, 9.17) is 11.6 Å². The maximum Gasteiger partial charge on any atom is 0.194 e. The summed E-state index contributed by atoms with van der Waals surface area (Å²) in [5.74, 6) is -3.95. The van der Waals surface area contributed by atoms with E-state index in [-0.39, 0.29) is 5.56 Å². The fourth-order valence-electron chi connectivity index (χ4n) is 1.86. The lowest BCUT2D eigenvalue weighted by Gasteiger charge is -2.19. The summed E-state index contributed by atoms with van der Waals surface area (Å²) in [4.78, 5) is 3.82. The Morgan fingerprint density at radius 3 is 2.47 bits per heavy atom. The predicted molar refractivity (Wildman–Crippen MR) is 66.5 cm³/mol. The van der Waals surface area contributed by atoms with Crippen molar-refractivity contribution in [3.05, 3.63) is 64.2 Å². The second kappa shape index (κ2) is 5.59. The minimum Gasteiger partial charge on any atom is -0.309 e. The quantitative estimate of drug-likeness (QED) is 0.874. The van der Waals surface area contributed by atoms with Crippen LogP contribution in [0.15, 0.2) is 30.6 Å². The molecule has 19 heavy (non-hydrogen) atoms. The largest absolute Gasteiger partial charge is 0.309 e. The number of hydrogen-bond acceptors (Lipinski definition) is 2. The molecule has 0 radical (unpaired) electrons. The SMILES string of the molecule is CNC(c1ccncc1Cl)c1ccc(F)c(F)c1F. The first-order valence-electron chi connectivity index (χ1n) is 5.46. The Labute approximate surface area is 113 Å². The third-order valence-corrected chi connectivity index (χ3v) is 3.10. The Hall–Kier alpha value is -1.59. The van der Waals surface area contributed by atoms with Crippen molar-refractivity contribution in [2.45, 2.75) is 6.04 Å². The number of halogens is 4. The maximum absolute atomic E-state index is 13.8. The summed E-state index contributed by atoms with van der Waals surface area (Å²) in [7, 11) is 1.57. The zero-order valence-electron chi connectivity index (χ0n) is 9.92. The summed E-state index contributed by atoms with van der Waals surface area (Å²) >= 11 is 5.98. The lowest BCUT2D eigenvalue weighted by Crippen LogP contribution is -2.20. The van der Waals surface area contributed by atoms with Crippen LogP contribution in [0, 0.1) is 17.5 Å². The van der Waals surface area contributed by atoms with Crippen molar-refractivity contribution >= 4 is 11.6 Å². The number of hydrogen-bond donors (Lipinski definition) is 1. The van der Waals surface area contributed by atoms with Crippen LogP contribution in [0.4, 0.5) is 13.2 Å². The molecule has 1 atom stereocenters. The summed E-state index contributed by atoms with van der Waals surface area (Å²) in [6.07, 6.45) is 2.89. The van der Waals surface area contributed by atoms with Gasteiger partial charge in [0.05, 0.1) is 11.1 Å². The van der Waals surface area contributed by atoms with Crippen molar-refractivity contribution in [2.75, 3.05) is 7.05 Å². The van der Waals surface area contributed by atoms with E-state index in [0.29, 0.717) is 10.6 Å². The summed E-state index contributed by atoms with van der Waals surface area (Å²) in [5, 5.41) is 3.13. The number of pyridine rings is 1. The first-order chi connectivity index (χ1) is 9.06. The van der Waals surface area contributed by atoms with Gasteiger partial charge < -0.3 is 5.32 Å². The number of benzene rings is 1. The lowest BCUT2D eigenvalue weighted by molar-refractivity contribution is 0.435. The fourth-order valence-corrected chi connectivity index (χ4v) is 2.09. The average Bonchev–Trinajstić information content (AvgIpc) is 2.41. The summed E-state index contributed by atoms with van der Waals surface area (Å²) in [6.45, 7) is 0. The molecule has 1 N–H and O–H groups in total. The van der Waals surface area contributed by atoms with Crippen LogP contribution in [-0.4, -0.2) is 12.0 Å². The first kappa shape index (κ1) is 13.8. The molecule has 0 spiro atoms. The van der Waals surface area contributed by atoms with Crippen LogP contribution < -0.4 is 5.32 Å². The summed E-state index contributed by atoms with van der Waals surface area (Å²) in [5.41, 5.74) is 0.513. The van der Waals surface area contributed by atoms with Crippen molar-refractivity contribution in [1.29, 1.82) is 0 Å². The van der Waals surface area contributed by atoms with Crippen LogP contribution in [0.1, 0.15) is 17.2 Å². The molecule has 1 aromatic carbocycles. The molecule has 0 bridgehead atoms. The highest BCUT2D eigenvalue weighted by molar-refractivity contribution is 6.31. The minimum absolute atomic E-state index is 0.0190. The van der Waals surface area contributed by atoms with E-state index >= 15 is 0 Å². The highest BCUT2D eigenvalue weighted by Crippen LogP contribution is 2.30. The molecule has 1 aromatic heterocycles. The summed E-state index contributed by atoms with van der Waals surface area (Å²) < 4.78 is 40.0. The molecule has 1 unspecified atom stereocenters. The van der Waals surface area contributed by atoms with Crippen molar-refractivity contribution < 1.29 is 13.2 Å². The lowest BCUT2D eigenvalue weighted by atomic mass is 9.99. The molecule has 2 nitrogen and oxygen atoms in total. The molecule has 2 rings (SSSR count). The molecular formula is C13H10ClF3N2. The molecular weight excluding hydrogens is 277 g/mol. The zero-order valence-corrected chi connectivity index (χ0v) is 10.7. The highest BCUT2D eigenvalue weighted by atomic mass is 35.5. The Balaban J connectivity index is 2.55. The van der Waals surface area contributed by atoms with E-state index in [9.17, 15) is 13.2 Å². The zero-order chi connectivity index (χ0) is 14.0. The Kier molecular flexibility index (Phi) is 4.07. The van der Waals surface area contributed by atoms with E-state index in [0.717, 1.165) is 6.07 Å². The molecule has 0 aliphatic rings. The van der Waals surface area contributed by atoms with Gasteiger partial charge in [0.25, 0.3) is 0 Å². The summed E-state index contributed by atoms with van der Waals surface area (Å²) in [6, 6.07) is 2.97. The first-order valence-corrected chi connectivity index (χ1v) is 5.84. The molecule has 2 aromatic rings. The van der Waals surface area contributed by atoms with Gasteiger partial charge in [-0.15, -0.1) is 0 Å². The second-order valence-electron chi connectivity index (χ2n) is 3.88.